The fourth-order valence-electron chi connectivity index (χ4n) is 1.56. The Kier molecular flexibility index (Phi) is 2.56. The Morgan fingerprint density at radius 1 is 1.25 bits per heavy atom. The minimum absolute atomic E-state index is 0.103. The van der Waals surface area contributed by atoms with Crippen molar-refractivity contribution in [3.8, 4) is 0 Å². The molecule has 0 N–H and O–H groups in total. The van der Waals surface area contributed by atoms with Gasteiger partial charge < -0.3 is 0 Å². The van der Waals surface area contributed by atoms with Crippen molar-refractivity contribution in [3.63, 3.8) is 0 Å². The highest BCUT2D eigenvalue weighted by Crippen LogP contribution is 2.21. The van der Waals surface area contributed by atoms with Crippen LogP contribution in [0, 0.1) is 10.1 Å². The second kappa shape index (κ2) is 3.89. The Bertz CT molecular complexity index is 550. The second-order valence-corrected chi connectivity index (χ2v) is 4.02. The average molecular weight is 216 g/mol. The van der Waals surface area contributed by atoms with Crippen molar-refractivity contribution in [1.29, 1.82) is 0 Å². The molecule has 0 aliphatic rings. The first kappa shape index (κ1) is 10.5. The van der Waals surface area contributed by atoms with Gasteiger partial charge in [0.25, 0.3) is 5.69 Å². The number of non-ortho nitro benzene ring substituents is 1. The molecule has 0 radical (unpaired) electrons. The summed E-state index contributed by atoms with van der Waals surface area (Å²) in [5.74, 6) is 0.361. The predicted molar refractivity (Wildman–Crippen MR) is 62.5 cm³/mol. The van der Waals surface area contributed by atoms with Crippen LogP contribution in [0.15, 0.2) is 30.3 Å². The zero-order valence-electron chi connectivity index (χ0n) is 9.18. The molecule has 0 aliphatic carbocycles. The Labute approximate surface area is 93.1 Å². The molecule has 0 atom stereocenters. The van der Waals surface area contributed by atoms with E-state index in [4.69, 9.17) is 0 Å². The average Bonchev–Trinajstić information content (AvgIpc) is 2.27. The molecule has 2 aromatic rings. The van der Waals surface area contributed by atoms with Crippen molar-refractivity contribution in [2.75, 3.05) is 0 Å². The van der Waals surface area contributed by atoms with Crippen LogP contribution in [0.2, 0.25) is 0 Å². The summed E-state index contributed by atoms with van der Waals surface area (Å²) in [6.45, 7) is 4.14. The van der Waals surface area contributed by atoms with Crippen LogP contribution in [-0.4, -0.2) is 9.91 Å². The van der Waals surface area contributed by atoms with E-state index < -0.39 is 4.92 Å². The lowest BCUT2D eigenvalue weighted by atomic mass is 10.1. The summed E-state index contributed by atoms with van der Waals surface area (Å²) in [5, 5.41) is 11.4. The maximum atomic E-state index is 10.6. The van der Waals surface area contributed by atoms with Gasteiger partial charge in [-0.2, -0.15) is 0 Å². The smallest absolute Gasteiger partial charge is 0.258 e. The van der Waals surface area contributed by atoms with Gasteiger partial charge in [-0.15, -0.1) is 0 Å². The molecule has 0 amide bonds. The number of nitro groups is 1. The molecule has 0 unspecified atom stereocenters. The molecular weight excluding hydrogens is 204 g/mol. The molecule has 4 nitrogen and oxygen atoms in total. The molecule has 0 aliphatic heterocycles. The third-order valence-electron chi connectivity index (χ3n) is 2.50. The second-order valence-electron chi connectivity index (χ2n) is 4.02. The number of benzene rings is 1. The lowest BCUT2D eigenvalue weighted by Gasteiger charge is -2.05. The van der Waals surface area contributed by atoms with E-state index in [1.54, 1.807) is 12.1 Å². The summed E-state index contributed by atoms with van der Waals surface area (Å²) < 4.78 is 0. The summed E-state index contributed by atoms with van der Waals surface area (Å²) in [6.07, 6.45) is 0. The molecule has 16 heavy (non-hydrogen) atoms. The first-order chi connectivity index (χ1) is 7.58. The molecule has 0 bridgehead atoms. The fourth-order valence-corrected chi connectivity index (χ4v) is 1.56. The monoisotopic (exact) mass is 216 g/mol. The summed E-state index contributed by atoms with van der Waals surface area (Å²) >= 11 is 0. The number of rotatable bonds is 2. The van der Waals surface area contributed by atoms with E-state index in [2.05, 4.69) is 18.8 Å². The number of pyridine rings is 1. The van der Waals surface area contributed by atoms with Gasteiger partial charge >= 0.3 is 0 Å². The number of aromatic nitrogens is 1. The van der Waals surface area contributed by atoms with Crippen LogP contribution in [0.25, 0.3) is 10.9 Å². The van der Waals surface area contributed by atoms with Crippen LogP contribution < -0.4 is 0 Å². The standard InChI is InChI=1S/C12H12N2O2/c1-8(2)11-5-3-9-7-10(14(15)16)4-6-12(9)13-11/h3-8H,1-2H3. The zero-order valence-corrected chi connectivity index (χ0v) is 9.18. The molecule has 4 heteroatoms. The molecule has 1 aromatic carbocycles. The maximum absolute atomic E-state index is 10.6. The first-order valence-electron chi connectivity index (χ1n) is 5.13. The number of nitro benzene ring substituents is 1. The summed E-state index contributed by atoms with van der Waals surface area (Å²) in [5.41, 5.74) is 1.91. The minimum Gasteiger partial charge on any atom is -0.258 e. The lowest BCUT2D eigenvalue weighted by molar-refractivity contribution is -0.384. The molecule has 1 heterocycles. The van der Waals surface area contributed by atoms with Crippen LogP contribution >= 0.6 is 0 Å². The molecule has 82 valence electrons. The van der Waals surface area contributed by atoms with Crippen LogP contribution in [-0.2, 0) is 0 Å². The first-order valence-corrected chi connectivity index (χ1v) is 5.13. The van der Waals surface area contributed by atoms with Gasteiger partial charge in [0.05, 0.1) is 10.4 Å². The topological polar surface area (TPSA) is 56.0 Å². The van der Waals surface area contributed by atoms with E-state index in [1.807, 2.05) is 12.1 Å². The quantitative estimate of drug-likeness (QED) is 0.571. The van der Waals surface area contributed by atoms with Gasteiger partial charge in [-0.1, -0.05) is 19.9 Å². The van der Waals surface area contributed by atoms with E-state index in [1.165, 1.54) is 6.07 Å². The van der Waals surface area contributed by atoms with E-state index in [0.29, 0.717) is 5.92 Å². The van der Waals surface area contributed by atoms with E-state index in [-0.39, 0.29) is 5.69 Å². The normalized spacial score (nSPS) is 10.9. The van der Waals surface area contributed by atoms with Crippen molar-refractivity contribution in [2.45, 2.75) is 19.8 Å². The zero-order chi connectivity index (χ0) is 11.7. The number of hydrogen-bond donors (Lipinski definition) is 0. The maximum Gasteiger partial charge on any atom is 0.270 e. The van der Waals surface area contributed by atoms with Crippen molar-refractivity contribution >= 4 is 16.6 Å². The van der Waals surface area contributed by atoms with E-state index >= 15 is 0 Å². The van der Waals surface area contributed by atoms with E-state index in [9.17, 15) is 10.1 Å². The fraction of sp³-hybridized carbons (Fsp3) is 0.250. The van der Waals surface area contributed by atoms with Gasteiger partial charge in [-0.3, -0.25) is 15.1 Å². The predicted octanol–water partition coefficient (Wildman–Crippen LogP) is 3.27. The number of hydrogen-bond acceptors (Lipinski definition) is 3. The Hall–Kier alpha value is -1.97. The molecule has 1 aromatic heterocycles. The molecule has 2 rings (SSSR count). The van der Waals surface area contributed by atoms with Crippen molar-refractivity contribution in [3.05, 3.63) is 46.1 Å². The third kappa shape index (κ3) is 1.86. The SMILES string of the molecule is CC(C)c1ccc2cc([N+](=O)[O-])ccc2n1. The highest BCUT2D eigenvalue weighted by molar-refractivity contribution is 5.81. The Morgan fingerprint density at radius 3 is 2.62 bits per heavy atom. The van der Waals surface area contributed by atoms with Gasteiger partial charge in [0, 0.05) is 23.2 Å². The molecular formula is C12H12N2O2. The highest BCUT2D eigenvalue weighted by Gasteiger charge is 2.08. The third-order valence-corrected chi connectivity index (χ3v) is 2.50. The lowest BCUT2D eigenvalue weighted by Crippen LogP contribution is -1.93. The van der Waals surface area contributed by atoms with Crippen LogP contribution in [0.4, 0.5) is 5.69 Å². The number of fused-ring (bicyclic) bond motifs is 1. The molecule has 0 saturated carbocycles. The van der Waals surface area contributed by atoms with Crippen LogP contribution in [0.5, 0.6) is 0 Å². The van der Waals surface area contributed by atoms with Crippen molar-refractivity contribution in [1.82, 2.24) is 4.98 Å². The minimum atomic E-state index is -0.393. The van der Waals surface area contributed by atoms with Gasteiger partial charge in [-0.25, -0.2) is 0 Å². The van der Waals surface area contributed by atoms with Gasteiger partial charge in [-0.05, 0) is 18.1 Å². The van der Waals surface area contributed by atoms with Crippen molar-refractivity contribution < 1.29 is 4.92 Å². The molecule has 0 fully saturated rings. The summed E-state index contributed by atoms with van der Waals surface area (Å²) in [4.78, 5) is 14.7. The van der Waals surface area contributed by atoms with Crippen LogP contribution in [0.1, 0.15) is 25.5 Å². The van der Waals surface area contributed by atoms with Crippen molar-refractivity contribution in [2.24, 2.45) is 0 Å². The number of nitrogens with zero attached hydrogens (tertiary/aromatic N) is 2. The van der Waals surface area contributed by atoms with Gasteiger partial charge in [0.15, 0.2) is 0 Å². The van der Waals surface area contributed by atoms with Gasteiger partial charge in [0.1, 0.15) is 0 Å². The largest absolute Gasteiger partial charge is 0.270 e. The van der Waals surface area contributed by atoms with E-state index in [0.717, 1.165) is 16.6 Å². The van der Waals surface area contributed by atoms with Gasteiger partial charge in [0.2, 0.25) is 0 Å². The Balaban J connectivity index is 2.57. The Morgan fingerprint density at radius 2 is 2.00 bits per heavy atom. The summed E-state index contributed by atoms with van der Waals surface area (Å²) in [7, 11) is 0. The van der Waals surface area contributed by atoms with Crippen LogP contribution in [0.3, 0.4) is 0 Å². The highest BCUT2D eigenvalue weighted by atomic mass is 16.6. The molecule has 0 saturated heterocycles. The summed E-state index contributed by atoms with van der Waals surface area (Å²) in [6, 6.07) is 8.52. The molecule has 0 spiro atoms.